The Kier molecular flexibility index (Phi) is 4.39. The van der Waals surface area contributed by atoms with E-state index < -0.39 is 0 Å². The lowest BCUT2D eigenvalue weighted by atomic mass is 10.1. The topological polar surface area (TPSA) is 29.9 Å². The minimum absolute atomic E-state index is 0.187. The van der Waals surface area contributed by atoms with Crippen molar-refractivity contribution in [1.82, 2.24) is 15.1 Å². The predicted octanol–water partition coefficient (Wildman–Crippen LogP) is 2.93. The first-order valence-corrected chi connectivity index (χ1v) is 6.13. The fraction of sp³-hybridized carbons (Fsp3) is 0.750. The Hall–Kier alpha value is -0.540. The van der Waals surface area contributed by atoms with Crippen LogP contribution >= 0.6 is 11.6 Å². The molecule has 16 heavy (non-hydrogen) atoms. The Bertz CT molecular complexity index is 350. The molecule has 3 nitrogen and oxygen atoms in total. The van der Waals surface area contributed by atoms with E-state index in [4.69, 9.17) is 11.6 Å². The van der Waals surface area contributed by atoms with Gasteiger partial charge >= 0.3 is 0 Å². The van der Waals surface area contributed by atoms with E-state index in [0.29, 0.717) is 0 Å². The van der Waals surface area contributed by atoms with Gasteiger partial charge in [-0.2, -0.15) is 5.10 Å². The van der Waals surface area contributed by atoms with Crippen LogP contribution < -0.4 is 5.32 Å². The number of nitrogens with one attached hydrogen (secondary N) is 1. The zero-order valence-electron chi connectivity index (χ0n) is 10.9. The number of nitrogens with zero attached hydrogens (tertiary/aromatic N) is 2. The first-order chi connectivity index (χ1) is 7.31. The molecular formula is C12H22ClN3. The monoisotopic (exact) mass is 243 g/mol. The standard InChI is InChI=1S/C12H22ClN3/c1-9-11(13)10(2)16(15-9)8-6-7-14-12(3,4)5/h14H,6-8H2,1-5H3. The van der Waals surface area contributed by atoms with E-state index in [1.54, 1.807) is 0 Å². The zero-order chi connectivity index (χ0) is 12.3. The number of rotatable bonds is 4. The fourth-order valence-corrected chi connectivity index (χ4v) is 1.72. The summed E-state index contributed by atoms with van der Waals surface area (Å²) in [7, 11) is 0. The Balaban J connectivity index is 2.41. The number of aryl methyl sites for hydroxylation is 2. The van der Waals surface area contributed by atoms with Crippen molar-refractivity contribution in [2.24, 2.45) is 0 Å². The molecule has 0 aromatic carbocycles. The van der Waals surface area contributed by atoms with Gasteiger partial charge in [0.15, 0.2) is 0 Å². The van der Waals surface area contributed by atoms with E-state index in [0.717, 1.165) is 35.9 Å². The quantitative estimate of drug-likeness (QED) is 0.825. The highest BCUT2D eigenvalue weighted by molar-refractivity contribution is 6.31. The van der Waals surface area contributed by atoms with Crippen molar-refractivity contribution in [3.63, 3.8) is 0 Å². The van der Waals surface area contributed by atoms with Gasteiger partial charge in [0.05, 0.1) is 16.4 Å². The van der Waals surface area contributed by atoms with Crippen LogP contribution in [-0.2, 0) is 6.54 Å². The van der Waals surface area contributed by atoms with Crippen molar-refractivity contribution < 1.29 is 0 Å². The summed E-state index contributed by atoms with van der Waals surface area (Å²) >= 11 is 6.08. The molecular weight excluding hydrogens is 222 g/mol. The van der Waals surface area contributed by atoms with Gasteiger partial charge in [-0.15, -0.1) is 0 Å². The van der Waals surface area contributed by atoms with Crippen molar-refractivity contribution in [3.8, 4) is 0 Å². The minimum atomic E-state index is 0.187. The third-order valence-electron chi connectivity index (χ3n) is 2.50. The molecule has 0 aliphatic carbocycles. The molecule has 92 valence electrons. The van der Waals surface area contributed by atoms with Gasteiger partial charge in [0.25, 0.3) is 0 Å². The van der Waals surface area contributed by atoms with Crippen molar-refractivity contribution in [1.29, 1.82) is 0 Å². The van der Waals surface area contributed by atoms with E-state index in [2.05, 4.69) is 31.2 Å². The van der Waals surface area contributed by atoms with E-state index >= 15 is 0 Å². The van der Waals surface area contributed by atoms with Crippen molar-refractivity contribution in [2.75, 3.05) is 6.54 Å². The number of aromatic nitrogens is 2. The maximum Gasteiger partial charge on any atom is 0.0844 e. The Morgan fingerprint density at radius 2 is 1.94 bits per heavy atom. The van der Waals surface area contributed by atoms with Gasteiger partial charge in [0.1, 0.15) is 0 Å². The van der Waals surface area contributed by atoms with Gasteiger partial charge in [0.2, 0.25) is 0 Å². The lowest BCUT2D eigenvalue weighted by molar-refractivity contribution is 0.408. The largest absolute Gasteiger partial charge is 0.312 e. The van der Waals surface area contributed by atoms with Crippen molar-refractivity contribution in [2.45, 2.75) is 53.1 Å². The van der Waals surface area contributed by atoms with E-state index in [1.807, 2.05) is 18.5 Å². The summed E-state index contributed by atoms with van der Waals surface area (Å²) in [5.41, 5.74) is 2.17. The summed E-state index contributed by atoms with van der Waals surface area (Å²) in [6.45, 7) is 12.4. The Morgan fingerprint density at radius 1 is 1.31 bits per heavy atom. The highest BCUT2D eigenvalue weighted by Gasteiger charge is 2.10. The first kappa shape index (κ1) is 13.5. The van der Waals surface area contributed by atoms with E-state index in [-0.39, 0.29) is 5.54 Å². The molecule has 1 heterocycles. The molecule has 0 aliphatic heterocycles. The van der Waals surface area contributed by atoms with E-state index in [1.165, 1.54) is 0 Å². The molecule has 4 heteroatoms. The molecule has 0 radical (unpaired) electrons. The predicted molar refractivity (Wildman–Crippen MR) is 69.1 cm³/mol. The average molecular weight is 244 g/mol. The SMILES string of the molecule is Cc1nn(CCCNC(C)(C)C)c(C)c1Cl. The molecule has 0 atom stereocenters. The van der Waals surface area contributed by atoms with Crippen LogP contribution in [0.1, 0.15) is 38.6 Å². The summed E-state index contributed by atoms with van der Waals surface area (Å²) in [6, 6.07) is 0. The second-order valence-corrected chi connectivity index (χ2v) is 5.62. The van der Waals surface area contributed by atoms with Crippen LogP contribution in [0.15, 0.2) is 0 Å². The number of hydrogen-bond acceptors (Lipinski definition) is 2. The molecule has 1 aromatic heterocycles. The molecule has 0 spiro atoms. The highest BCUT2D eigenvalue weighted by Crippen LogP contribution is 2.18. The van der Waals surface area contributed by atoms with Crippen LogP contribution in [0, 0.1) is 13.8 Å². The van der Waals surface area contributed by atoms with Gasteiger partial charge in [0, 0.05) is 12.1 Å². The molecule has 0 fully saturated rings. The maximum absolute atomic E-state index is 6.08. The Labute approximate surface area is 103 Å². The summed E-state index contributed by atoms with van der Waals surface area (Å²) in [5, 5.41) is 8.65. The molecule has 0 bridgehead atoms. The zero-order valence-corrected chi connectivity index (χ0v) is 11.6. The first-order valence-electron chi connectivity index (χ1n) is 5.76. The fourth-order valence-electron chi connectivity index (χ4n) is 1.58. The highest BCUT2D eigenvalue weighted by atomic mass is 35.5. The lowest BCUT2D eigenvalue weighted by Gasteiger charge is -2.20. The summed E-state index contributed by atoms with van der Waals surface area (Å²) in [5.74, 6) is 0. The van der Waals surface area contributed by atoms with Gasteiger partial charge in [-0.25, -0.2) is 0 Å². The number of hydrogen-bond donors (Lipinski definition) is 1. The van der Waals surface area contributed by atoms with Crippen LogP contribution in [-0.4, -0.2) is 21.9 Å². The van der Waals surface area contributed by atoms with Crippen LogP contribution in [0.25, 0.3) is 0 Å². The maximum atomic E-state index is 6.08. The molecule has 1 rings (SSSR count). The van der Waals surface area contributed by atoms with Gasteiger partial charge in [-0.05, 0) is 47.6 Å². The van der Waals surface area contributed by atoms with Crippen LogP contribution in [0.2, 0.25) is 5.02 Å². The summed E-state index contributed by atoms with van der Waals surface area (Å²) in [6.07, 6.45) is 1.07. The van der Waals surface area contributed by atoms with Crippen LogP contribution in [0.5, 0.6) is 0 Å². The summed E-state index contributed by atoms with van der Waals surface area (Å²) < 4.78 is 1.99. The normalized spacial score (nSPS) is 12.1. The van der Waals surface area contributed by atoms with E-state index in [9.17, 15) is 0 Å². The molecule has 0 saturated heterocycles. The van der Waals surface area contributed by atoms with Gasteiger partial charge in [-0.3, -0.25) is 4.68 Å². The molecule has 0 saturated carbocycles. The molecule has 0 amide bonds. The molecule has 1 aromatic rings. The van der Waals surface area contributed by atoms with Gasteiger partial charge < -0.3 is 5.32 Å². The second kappa shape index (κ2) is 5.19. The van der Waals surface area contributed by atoms with Crippen molar-refractivity contribution >= 4 is 11.6 Å². The minimum Gasteiger partial charge on any atom is -0.312 e. The van der Waals surface area contributed by atoms with Crippen molar-refractivity contribution in [3.05, 3.63) is 16.4 Å². The molecule has 0 unspecified atom stereocenters. The smallest absolute Gasteiger partial charge is 0.0844 e. The van der Waals surface area contributed by atoms with Crippen LogP contribution in [0.3, 0.4) is 0 Å². The second-order valence-electron chi connectivity index (χ2n) is 5.24. The third kappa shape index (κ3) is 3.80. The van der Waals surface area contributed by atoms with Gasteiger partial charge in [-0.1, -0.05) is 11.6 Å². The lowest BCUT2D eigenvalue weighted by Crippen LogP contribution is -2.36. The molecule has 0 aliphatic rings. The number of halogens is 1. The summed E-state index contributed by atoms with van der Waals surface area (Å²) in [4.78, 5) is 0. The third-order valence-corrected chi connectivity index (χ3v) is 3.04. The average Bonchev–Trinajstić information content (AvgIpc) is 2.40. The van der Waals surface area contributed by atoms with Crippen LogP contribution in [0.4, 0.5) is 0 Å². The Morgan fingerprint density at radius 3 is 2.38 bits per heavy atom. The molecule has 1 N–H and O–H groups in total.